The van der Waals surface area contributed by atoms with Gasteiger partial charge in [-0.2, -0.15) is 0 Å². The average Bonchev–Trinajstić information content (AvgIpc) is 2.72. The van der Waals surface area contributed by atoms with Crippen molar-refractivity contribution in [2.24, 2.45) is 5.92 Å². The number of halogens is 6. The van der Waals surface area contributed by atoms with Gasteiger partial charge >= 0.3 is 0 Å². The molecule has 1 fully saturated rings. The molecule has 0 aromatic heterocycles. The smallest absolute Gasteiger partial charge is 0.206 e. The van der Waals surface area contributed by atoms with E-state index in [-0.39, 0.29) is 30.7 Å². The Morgan fingerprint density at radius 1 is 0.935 bits per heavy atom. The van der Waals surface area contributed by atoms with Crippen LogP contribution < -0.4 is 0 Å². The maximum Gasteiger partial charge on any atom is 0.255 e. The van der Waals surface area contributed by atoms with Gasteiger partial charge in [0.25, 0.3) is 5.92 Å². The summed E-state index contributed by atoms with van der Waals surface area (Å²) < 4.78 is 88.1. The van der Waals surface area contributed by atoms with Crippen LogP contribution in [0.5, 0.6) is 0 Å². The van der Waals surface area contributed by atoms with E-state index in [1.54, 1.807) is 6.08 Å². The number of aryl methyl sites for hydroxylation is 1. The quantitative estimate of drug-likeness (QED) is 0.300. The van der Waals surface area contributed by atoms with Crippen LogP contribution in [0.3, 0.4) is 0 Å². The molecule has 2 aromatic rings. The lowest BCUT2D eigenvalue weighted by atomic mass is 9.74. The molecule has 168 valence electrons. The molecule has 3 rings (SSSR count). The Kier molecular flexibility index (Phi) is 7.17. The van der Waals surface area contributed by atoms with E-state index >= 15 is 0 Å². The van der Waals surface area contributed by atoms with Gasteiger partial charge in [-0.3, -0.25) is 0 Å². The second-order valence-electron chi connectivity index (χ2n) is 8.31. The van der Waals surface area contributed by atoms with Gasteiger partial charge in [0.05, 0.1) is 5.92 Å². The molecule has 0 saturated heterocycles. The maximum atomic E-state index is 14.9. The molecular weight excluding hydrogens is 414 g/mol. The first-order valence-electron chi connectivity index (χ1n) is 10.6. The summed E-state index contributed by atoms with van der Waals surface area (Å²) >= 11 is 0. The lowest BCUT2D eigenvalue weighted by Crippen LogP contribution is -2.34. The van der Waals surface area contributed by atoms with E-state index in [9.17, 15) is 26.3 Å². The van der Waals surface area contributed by atoms with Crippen LogP contribution in [0.1, 0.15) is 62.5 Å². The second-order valence-corrected chi connectivity index (χ2v) is 8.31. The van der Waals surface area contributed by atoms with E-state index in [4.69, 9.17) is 0 Å². The molecule has 0 nitrogen and oxygen atoms in total. The van der Waals surface area contributed by atoms with Crippen LogP contribution >= 0.6 is 0 Å². The van der Waals surface area contributed by atoms with Crippen LogP contribution in [0.2, 0.25) is 0 Å². The largest absolute Gasteiger partial charge is 0.255 e. The topological polar surface area (TPSA) is 0 Å². The van der Waals surface area contributed by atoms with Gasteiger partial charge in [0.15, 0.2) is 23.3 Å². The van der Waals surface area contributed by atoms with Gasteiger partial charge in [0, 0.05) is 17.5 Å². The summed E-state index contributed by atoms with van der Waals surface area (Å²) in [5.74, 6) is -10.0. The highest BCUT2D eigenvalue weighted by Gasteiger charge is 2.46. The Hall–Kier alpha value is -2.24. The first-order valence-corrected chi connectivity index (χ1v) is 10.6. The molecule has 0 heterocycles. The summed E-state index contributed by atoms with van der Waals surface area (Å²) in [6.45, 7) is 5.45. The highest BCUT2D eigenvalue weighted by atomic mass is 19.3. The van der Waals surface area contributed by atoms with Crippen molar-refractivity contribution in [2.75, 3.05) is 0 Å². The molecular formula is C25H26F6. The SMILES string of the molecule is C=CCCc1ccc(-c2ccc(C3CCC(CCC)CC3(F)F)c(F)c2F)c(F)c1F. The van der Waals surface area contributed by atoms with E-state index in [1.807, 2.05) is 6.92 Å². The Bertz CT molecular complexity index is 950. The summed E-state index contributed by atoms with van der Waals surface area (Å²) in [4.78, 5) is 0. The van der Waals surface area contributed by atoms with Crippen molar-refractivity contribution in [2.45, 2.75) is 63.7 Å². The molecule has 1 aliphatic rings. The van der Waals surface area contributed by atoms with Crippen molar-refractivity contribution in [1.29, 1.82) is 0 Å². The predicted molar refractivity (Wildman–Crippen MR) is 110 cm³/mol. The number of rotatable bonds is 7. The number of hydrogen-bond donors (Lipinski definition) is 0. The van der Waals surface area contributed by atoms with Crippen molar-refractivity contribution < 1.29 is 26.3 Å². The van der Waals surface area contributed by atoms with Crippen LogP contribution in [-0.2, 0) is 6.42 Å². The van der Waals surface area contributed by atoms with Crippen LogP contribution in [0, 0.1) is 29.2 Å². The summed E-state index contributed by atoms with van der Waals surface area (Å²) in [5, 5.41) is 0. The summed E-state index contributed by atoms with van der Waals surface area (Å²) in [5.41, 5.74) is -1.25. The third kappa shape index (κ3) is 4.68. The third-order valence-electron chi connectivity index (χ3n) is 6.19. The summed E-state index contributed by atoms with van der Waals surface area (Å²) in [7, 11) is 0. The third-order valence-corrected chi connectivity index (χ3v) is 6.19. The molecule has 0 N–H and O–H groups in total. The summed E-state index contributed by atoms with van der Waals surface area (Å²) in [6.07, 6.45) is 3.88. The first-order chi connectivity index (χ1) is 14.7. The van der Waals surface area contributed by atoms with Gasteiger partial charge < -0.3 is 0 Å². The fraction of sp³-hybridized carbons (Fsp3) is 0.440. The monoisotopic (exact) mass is 440 g/mol. The minimum absolute atomic E-state index is 0.0500. The Morgan fingerprint density at radius 3 is 2.19 bits per heavy atom. The maximum absolute atomic E-state index is 14.9. The van der Waals surface area contributed by atoms with Gasteiger partial charge in [-0.25, -0.2) is 26.3 Å². The molecule has 2 aromatic carbocycles. The molecule has 1 saturated carbocycles. The van der Waals surface area contributed by atoms with Crippen LogP contribution in [0.15, 0.2) is 36.9 Å². The van der Waals surface area contributed by atoms with Gasteiger partial charge in [-0.05, 0) is 42.7 Å². The zero-order valence-electron chi connectivity index (χ0n) is 17.5. The lowest BCUT2D eigenvalue weighted by molar-refractivity contribution is -0.0745. The van der Waals surface area contributed by atoms with Crippen molar-refractivity contribution in [1.82, 2.24) is 0 Å². The highest BCUT2D eigenvalue weighted by molar-refractivity contribution is 5.66. The minimum atomic E-state index is -3.16. The molecule has 0 bridgehead atoms. The van der Waals surface area contributed by atoms with Crippen LogP contribution in [-0.4, -0.2) is 5.92 Å². The first kappa shape index (κ1) is 23.4. The van der Waals surface area contributed by atoms with Gasteiger partial charge in [0.1, 0.15) is 0 Å². The molecule has 0 amide bonds. The molecule has 6 heteroatoms. The molecule has 2 unspecified atom stereocenters. The molecule has 0 spiro atoms. The number of allylic oxidation sites excluding steroid dienone is 1. The zero-order valence-corrected chi connectivity index (χ0v) is 17.5. The van der Waals surface area contributed by atoms with Gasteiger partial charge in [-0.15, -0.1) is 6.58 Å². The molecule has 1 aliphatic carbocycles. The van der Waals surface area contributed by atoms with E-state index in [0.29, 0.717) is 19.3 Å². The fourth-order valence-electron chi connectivity index (χ4n) is 4.57. The highest BCUT2D eigenvalue weighted by Crippen LogP contribution is 2.49. The Morgan fingerprint density at radius 2 is 1.58 bits per heavy atom. The number of hydrogen-bond acceptors (Lipinski definition) is 0. The average molecular weight is 440 g/mol. The zero-order chi connectivity index (χ0) is 22.8. The van der Waals surface area contributed by atoms with Crippen molar-refractivity contribution >= 4 is 0 Å². The standard InChI is InChI=1S/C25H26F6/c1-3-5-7-16-9-10-17(22(27)21(16)26)18-11-12-19(24(29)23(18)28)20-13-8-15(6-4-2)14-25(20,30)31/h3,9-12,15,20H,1,4-8,13-14H2,2H3. The van der Waals surface area contributed by atoms with Crippen molar-refractivity contribution in [3.8, 4) is 11.1 Å². The molecule has 0 radical (unpaired) electrons. The predicted octanol–water partition coefficient (Wildman–Crippen LogP) is 8.35. The van der Waals surface area contributed by atoms with E-state index in [2.05, 4.69) is 6.58 Å². The number of benzene rings is 2. The van der Waals surface area contributed by atoms with Crippen molar-refractivity contribution in [3.05, 3.63) is 71.3 Å². The summed E-state index contributed by atoms with van der Waals surface area (Å²) in [6, 6.07) is 4.63. The Labute approximate surface area is 179 Å². The van der Waals surface area contributed by atoms with Crippen LogP contribution in [0.4, 0.5) is 26.3 Å². The van der Waals surface area contributed by atoms with Gasteiger partial charge in [0.2, 0.25) is 0 Å². The van der Waals surface area contributed by atoms with E-state index < -0.39 is 51.8 Å². The fourth-order valence-corrected chi connectivity index (χ4v) is 4.57. The van der Waals surface area contributed by atoms with E-state index in [1.165, 1.54) is 12.1 Å². The van der Waals surface area contributed by atoms with E-state index in [0.717, 1.165) is 18.6 Å². The van der Waals surface area contributed by atoms with Crippen molar-refractivity contribution in [3.63, 3.8) is 0 Å². The van der Waals surface area contributed by atoms with Gasteiger partial charge in [-0.1, -0.05) is 50.1 Å². The van der Waals surface area contributed by atoms with Crippen LogP contribution in [0.25, 0.3) is 11.1 Å². The minimum Gasteiger partial charge on any atom is -0.206 e. The number of alkyl halides is 2. The molecule has 2 atom stereocenters. The molecule has 0 aliphatic heterocycles. The second kappa shape index (κ2) is 9.49. The molecule has 31 heavy (non-hydrogen) atoms. The Balaban J connectivity index is 1.95. The normalized spacial score (nSPS) is 20.6. The lowest BCUT2D eigenvalue weighted by Gasteiger charge is -2.36.